The molecule has 96 valence electrons. The number of nitrogens with zero attached hydrogens (tertiary/aromatic N) is 1. The highest BCUT2D eigenvalue weighted by Crippen LogP contribution is 2.21. The van der Waals surface area contributed by atoms with Crippen molar-refractivity contribution in [2.45, 2.75) is 45.1 Å². The van der Waals surface area contributed by atoms with Crippen LogP contribution in [0.15, 0.2) is 0 Å². The molecule has 1 aliphatic rings. The maximum absolute atomic E-state index is 5.63. The molecule has 2 N–H and O–H groups in total. The highest BCUT2D eigenvalue weighted by atomic mass is 16.5. The number of rotatable bonds is 6. The van der Waals surface area contributed by atoms with Gasteiger partial charge < -0.3 is 15.4 Å². The molecule has 1 heterocycles. The fraction of sp³-hybridized carbons (Fsp3) is 1.00. The van der Waals surface area contributed by atoms with Crippen molar-refractivity contribution in [1.29, 1.82) is 0 Å². The van der Waals surface area contributed by atoms with Gasteiger partial charge in [-0.15, -0.1) is 0 Å². The molecule has 1 aliphatic heterocycles. The van der Waals surface area contributed by atoms with E-state index in [1.54, 1.807) is 7.11 Å². The predicted octanol–water partition coefficient (Wildman–Crippen LogP) is 1.86. The van der Waals surface area contributed by atoms with E-state index < -0.39 is 0 Å². The number of ether oxygens (including phenoxy) is 1. The fourth-order valence-electron chi connectivity index (χ4n) is 2.36. The van der Waals surface area contributed by atoms with Crippen molar-refractivity contribution < 1.29 is 4.74 Å². The summed E-state index contributed by atoms with van der Waals surface area (Å²) in [5.74, 6) is 0.824. The first kappa shape index (κ1) is 13.9. The lowest BCUT2D eigenvalue weighted by atomic mass is 9.94. The summed E-state index contributed by atoms with van der Waals surface area (Å²) in [7, 11) is 1.80. The third kappa shape index (κ3) is 4.81. The number of likely N-dealkylation sites (tertiary alicyclic amines) is 1. The van der Waals surface area contributed by atoms with Crippen LogP contribution in [0.1, 0.15) is 39.5 Å². The Labute approximate surface area is 100 Å². The molecule has 1 fully saturated rings. The first-order valence-electron chi connectivity index (χ1n) is 6.55. The number of hydrogen-bond donors (Lipinski definition) is 1. The first-order chi connectivity index (χ1) is 7.57. The lowest BCUT2D eigenvalue weighted by Gasteiger charge is -2.34. The average molecular weight is 228 g/mol. The maximum atomic E-state index is 5.63. The largest absolute Gasteiger partial charge is 0.379 e. The van der Waals surface area contributed by atoms with Gasteiger partial charge in [-0.2, -0.15) is 0 Å². The second-order valence-electron chi connectivity index (χ2n) is 5.60. The normalized spacial score (nSPS) is 23.6. The van der Waals surface area contributed by atoms with Crippen molar-refractivity contribution in [2.24, 2.45) is 11.7 Å². The van der Waals surface area contributed by atoms with Crippen LogP contribution < -0.4 is 5.73 Å². The molecule has 16 heavy (non-hydrogen) atoms. The van der Waals surface area contributed by atoms with Crippen molar-refractivity contribution in [3.63, 3.8) is 0 Å². The Morgan fingerprint density at radius 3 is 2.81 bits per heavy atom. The van der Waals surface area contributed by atoms with E-state index in [1.807, 2.05) is 0 Å². The van der Waals surface area contributed by atoms with Crippen LogP contribution >= 0.6 is 0 Å². The minimum Gasteiger partial charge on any atom is -0.379 e. The summed E-state index contributed by atoms with van der Waals surface area (Å²) in [5, 5.41) is 0. The molecule has 3 nitrogen and oxygen atoms in total. The lowest BCUT2D eigenvalue weighted by Crippen LogP contribution is -2.39. The third-order valence-corrected chi connectivity index (χ3v) is 3.76. The maximum Gasteiger partial charge on any atom is 0.0634 e. The van der Waals surface area contributed by atoms with Gasteiger partial charge in [0.05, 0.1) is 5.60 Å². The number of methoxy groups -OCH3 is 1. The molecule has 1 atom stereocenters. The van der Waals surface area contributed by atoms with Crippen LogP contribution in [-0.2, 0) is 4.74 Å². The molecule has 0 saturated carbocycles. The minimum absolute atomic E-state index is 0.0147. The number of hydrogen-bond acceptors (Lipinski definition) is 3. The van der Waals surface area contributed by atoms with Crippen molar-refractivity contribution >= 4 is 0 Å². The van der Waals surface area contributed by atoms with Crippen LogP contribution in [0.3, 0.4) is 0 Å². The molecule has 0 aromatic rings. The Hall–Kier alpha value is -0.120. The second-order valence-corrected chi connectivity index (χ2v) is 5.60. The molecular weight excluding hydrogens is 200 g/mol. The number of nitrogens with two attached hydrogens (primary N) is 1. The SMILES string of the molecule is COC(C)(C)CCN1CCCC(CCN)C1. The van der Waals surface area contributed by atoms with Crippen LogP contribution in [0.5, 0.6) is 0 Å². The Bertz CT molecular complexity index is 192. The Balaban J connectivity index is 2.26. The summed E-state index contributed by atoms with van der Waals surface area (Å²) < 4.78 is 5.46. The Morgan fingerprint density at radius 2 is 2.19 bits per heavy atom. The summed E-state index contributed by atoms with van der Waals surface area (Å²) in [6.07, 6.45) is 4.99. The van der Waals surface area contributed by atoms with Gasteiger partial charge >= 0.3 is 0 Å². The molecular formula is C13H28N2O. The summed E-state index contributed by atoms with van der Waals surface area (Å²) in [4.78, 5) is 2.57. The van der Waals surface area contributed by atoms with E-state index in [0.29, 0.717) is 0 Å². The second kappa shape index (κ2) is 6.58. The average Bonchev–Trinajstić information content (AvgIpc) is 2.28. The summed E-state index contributed by atoms with van der Waals surface area (Å²) in [5.41, 5.74) is 5.65. The first-order valence-corrected chi connectivity index (χ1v) is 6.55. The molecule has 0 aliphatic carbocycles. The zero-order valence-corrected chi connectivity index (χ0v) is 11.2. The van der Waals surface area contributed by atoms with Crippen molar-refractivity contribution in [3.8, 4) is 0 Å². The van der Waals surface area contributed by atoms with Gasteiger partial charge in [0.25, 0.3) is 0 Å². The summed E-state index contributed by atoms with van der Waals surface area (Å²) >= 11 is 0. The summed E-state index contributed by atoms with van der Waals surface area (Å²) in [6.45, 7) is 8.80. The van der Waals surface area contributed by atoms with Crippen LogP contribution in [0.2, 0.25) is 0 Å². The zero-order chi connectivity index (χ0) is 12.0. The molecule has 0 aromatic carbocycles. The van der Waals surface area contributed by atoms with E-state index in [-0.39, 0.29) is 5.60 Å². The van der Waals surface area contributed by atoms with E-state index in [1.165, 1.54) is 32.4 Å². The topological polar surface area (TPSA) is 38.5 Å². The van der Waals surface area contributed by atoms with Gasteiger partial charge in [0.2, 0.25) is 0 Å². The lowest BCUT2D eigenvalue weighted by molar-refractivity contribution is 0.00401. The molecule has 0 spiro atoms. The smallest absolute Gasteiger partial charge is 0.0634 e. The Kier molecular flexibility index (Phi) is 5.73. The van der Waals surface area contributed by atoms with Crippen LogP contribution in [0.25, 0.3) is 0 Å². The van der Waals surface area contributed by atoms with E-state index >= 15 is 0 Å². The van der Waals surface area contributed by atoms with E-state index in [2.05, 4.69) is 18.7 Å². The van der Waals surface area contributed by atoms with Crippen LogP contribution in [0, 0.1) is 5.92 Å². The molecule has 3 heteroatoms. The van der Waals surface area contributed by atoms with Gasteiger partial charge in [-0.25, -0.2) is 0 Å². The van der Waals surface area contributed by atoms with E-state index in [4.69, 9.17) is 10.5 Å². The van der Waals surface area contributed by atoms with E-state index in [9.17, 15) is 0 Å². The Morgan fingerprint density at radius 1 is 1.44 bits per heavy atom. The van der Waals surface area contributed by atoms with Gasteiger partial charge in [-0.1, -0.05) is 0 Å². The van der Waals surface area contributed by atoms with E-state index in [0.717, 1.165) is 25.4 Å². The predicted molar refractivity (Wildman–Crippen MR) is 68.5 cm³/mol. The van der Waals surface area contributed by atoms with Crippen molar-refractivity contribution in [3.05, 3.63) is 0 Å². The molecule has 0 amide bonds. The highest BCUT2D eigenvalue weighted by molar-refractivity contribution is 4.76. The molecule has 1 saturated heterocycles. The molecule has 0 aromatic heterocycles. The van der Waals surface area contributed by atoms with Crippen LogP contribution in [-0.4, -0.2) is 43.8 Å². The van der Waals surface area contributed by atoms with Crippen molar-refractivity contribution in [1.82, 2.24) is 4.90 Å². The highest BCUT2D eigenvalue weighted by Gasteiger charge is 2.22. The van der Waals surface area contributed by atoms with Gasteiger partial charge in [-0.3, -0.25) is 0 Å². The van der Waals surface area contributed by atoms with Gasteiger partial charge in [0.15, 0.2) is 0 Å². The zero-order valence-electron chi connectivity index (χ0n) is 11.2. The third-order valence-electron chi connectivity index (χ3n) is 3.76. The quantitative estimate of drug-likeness (QED) is 0.754. The van der Waals surface area contributed by atoms with Crippen molar-refractivity contribution in [2.75, 3.05) is 33.3 Å². The molecule has 1 rings (SSSR count). The van der Waals surface area contributed by atoms with Gasteiger partial charge in [0.1, 0.15) is 0 Å². The minimum atomic E-state index is 0.0147. The van der Waals surface area contributed by atoms with Gasteiger partial charge in [-0.05, 0) is 58.5 Å². The molecule has 1 unspecified atom stereocenters. The summed E-state index contributed by atoms with van der Waals surface area (Å²) in [6, 6.07) is 0. The van der Waals surface area contributed by atoms with Crippen LogP contribution in [0.4, 0.5) is 0 Å². The van der Waals surface area contributed by atoms with Gasteiger partial charge in [0, 0.05) is 20.2 Å². The standard InChI is InChI=1S/C13H28N2O/c1-13(2,16-3)7-10-15-9-4-5-12(11-15)6-8-14/h12H,4-11,14H2,1-3H3. The fourth-order valence-corrected chi connectivity index (χ4v) is 2.36. The number of piperidine rings is 1. The molecule has 0 radical (unpaired) electrons. The monoisotopic (exact) mass is 228 g/mol. The molecule has 0 bridgehead atoms.